The Morgan fingerprint density at radius 3 is 2.40 bits per heavy atom. The van der Waals surface area contributed by atoms with Crippen molar-refractivity contribution in [2.75, 3.05) is 5.75 Å². The Morgan fingerprint density at radius 1 is 1.27 bits per heavy atom. The fraction of sp³-hybridized carbons (Fsp3) is 0.500. The summed E-state index contributed by atoms with van der Waals surface area (Å²) in [5.41, 5.74) is 1.49. The Morgan fingerprint density at radius 2 is 1.87 bits per heavy atom. The normalized spacial score (nSPS) is 11.0. The summed E-state index contributed by atoms with van der Waals surface area (Å²) in [6, 6.07) is 1.60. The molecule has 0 amide bonds. The van der Waals surface area contributed by atoms with Gasteiger partial charge in [-0.3, -0.25) is 0 Å². The highest BCUT2D eigenvalue weighted by molar-refractivity contribution is 7.99. The quantitative estimate of drug-likeness (QED) is 0.612. The van der Waals surface area contributed by atoms with Crippen LogP contribution in [0.4, 0.5) is 0 Å². The van der Waals surface area contributed by atoms with Gasteiger partial charge in [0.1, 0.15) is 11.5 Å². The van der Waals surface area contributed by atoms with Crippen molar-refractivity contribution in [3.05, 3.63) is 17.2 Å². The van der Waals surface area contributed by atoms with Crippen molar-refractivity contribution in [1.82, 2.24) is 0 Å². The van der Waals surface area contributed by atoms with Gasteiger partial charge in [0.25, 0.3) is 0 Å². The summed E-state index contributed by atoms with van der Waals surface area (Å²) in [6.07, 6.45) is 0. The van der Waals surface area contributed by atoms with Gasteiger partial charge in [0.05, 0.1) is 4.90 Å². The van der Waals surface area contributed by atoms with Crippen LogP contribution in [0.3, 0.4) is 0 Å². The monoisotopic (exact) mass is 226 g/mol. The van der Waals surface area contributed by atoms with Crippen molar-refractivity contribution < 1.29 is 10.2 Å². The second-order valence-electron chi connectivity index (χ2n) is 4.22. The largest absolute Gasteiger partial charge is 0.508 e. The van der Waals surface area contributed by atoms with Crippen molar-refractivity contribution in [3.63, 3.8) is 0 Å². The summed E-state index contributed by atoms with van der Waals surface area (Å²) >= 11 is 1.60. The SMILES string of the molecule is Cc1cc(O)c(C)c(SCC(C)C)c1O. The minimum atomic E-state index is 0.261. The number of benzene rings is 1. The number of aromatic hydroxyl groups is 2. The molecule has 0 atom stereocenters. The molecule has 1 aromatic rings. The third kappa shape index (κ3) is 2.81. The average Bonchev–Trinajstić information content (AvgIpc) is 2.14. The molecule has 0 saturated heterocycles. The Kier molecular flexibility index (Phi) is 3.91. The number of aryl methyl sites for hydroxylation is 1. The Balaban J connectivity index is 3.04. The van der Waals surface area contributed by atoms with E-state index in [1.807, 2.05) is 6.92 Å². The van der Waals surface area contributed by atoms with Crippen LogP contribution in [0.25, 0.3) is 0 Å². The van der Waals surface area contributed by atoms with E-state index in [4.69, 9.17) is 0 Å². The lowest BCUT2D eigenvalue weighted by Crippen LogP contribution is -1.93. The van der Waals surface area contributed by atoms with Crippen LogP contribution in [0.5, 0.6) is 11.5 Å². The zero-order valence-corrected chi connectivity index (χ0v) is 10.5. The summed E-state index contributed by atoms with van der Waals surface area (Å²) in [4.78, 5) is 0.807. The second kappa shape index (κ2) is 4.79. The number of phenols is 2. The lowest BCUT2D eigenvalue weighted by Gasteiger charge is -2.13. The van der Waals surface area contributed by atoms with Gasteiger partial charge in [0, 0.05) is 11.3 Å². The summed E-state index contributed by atoms with van der Waals surface area (Å²) in [7, 11) is 0. The minimum absolute atomic E-state index is 0.261. The highest BCUT2D eigenvalue weighted by atomic mass is 32.2. The first-order valence-corrected chi connectivity index (χ1v) is 6.07. The smallest absolute Gasteiger partial charge is 0.132 e. The molecule has 0 aliphatic carbocycles. The third-order valence-corrected chi connectivity index (χ3v) is 3.85. The van der Waals surface area contributed by atoms with Crippen molar-refractivity contribution in [2.24, 2.45) is 5.92 Å². The lowest BCUT2D eigenvalue weighted by molar-refractivity contribution is 0.441. The van der Waals surface area contributed by atoms with E-state index >= 15 is 0 Å². The molecule has 0 heterocycles. The molecular weight excluding hydrogens is 208 g/mol. The predicted molar refractivity (Wildman–Crippen MR) is 64.8 cm³/mol. The van der Waals surface area contributed by atoms with Gasteiger partial charge in [-0.25, -0.2) is 0 Å². The molecule has 15 heavy (non-hydrogen) atoms. The Bertz CT molecular complexity index is 333. The number of phenolic OH excluding ortho intramolecular Hbond substituents is 2. The van der Waals surface area contributed by atoms with Crippen LogP contribution in [-0.4, -0.2) is 16.0 Å². The molecule has 0 fully saturated rings. The van der Waals surface area contributed by atoms with E-state index in [2.05, 4.69) is 13.8 Å². The molecule has 2 N–H and O–H groups in total. The molecule has 0 bridgehead atoms. The zero-order valence-electron chi connectivity index (χ0n) is 9.66. The average molecular weight is 226 g/mol. The molecule has 0 saturated carbocycles. The molecule has 2 nitrogen and oxygen atoms in total. The van der Waals surface area contributed by atoms with E-state index in [1.54, 1.807) is 24.8 Å². The zero-order chi connectivity index (χ0) is 11.6. The van der Waals surface area contributed by atoms with E-state index in [0.29, 0.717) is 11.7 Å². The summed E-state index contributed by atoms with van der Waals surface area (Å²) in [5, 5.41) is 19.5. The lowest BCUT2D eigenvalue weighted by atomic mass is 10.1. The van der Waals surface area contributed by atoms with E-state index in [0.717, 1.165) is 21.8 Å². The predicted octanol–water partition coefficient (Wildman–Crippen LogP) is 3.46. The number of rotatable bonds is 3. The van der Waals surface area contributed by atoms with Crippen molar-refractivity contribution in [2.45, 2.75) is 32.6 Å². The molecule has 0 radical (unpaired) electrons. The van der Waals surface area contributed by atoms with E-state index < -0.39 is 0 Å². The van der Waals surface area contributed by atoms with E-state index in [-0.39, 0.29) is 5.75 Å². The van der Waals surface area contributed by atoms with Crippen LogP contribution in [-0.2, 0) is 0 Å². The van der Waals surface area contributed by atoms with Crippen LogP contribution >= 0.6 is 11.8 Å². The highest BCUT2D eigenvalue weighted by Gasteiger charge is 2.13. The highest BCUT2D eigenvalue weighted by Crippen LogP contribution is 2.39. The van der Waals surface area contributed by atoms with E-state index in [9.17, 15) is 10.2 Å². The Hall–Kier alpha value is -0.830. The van der Waals surface area contributed by atoms with Gasteiger partial charge in [0.15, 0.2) is 0 Å². The van der Waals surface area contributed by atoms with Gasteiger partial charge < -0.3 is 10.2 Å². The number of hydrogen-bond acceptors (Lipinski definition) is 3. The molecule has 0 aliphatic heterocycles. The molecule has 84 valence electrons. The molecule has 0 unspecified atom stereocenters. The van der Waals surface area contributed by atoms with Gasteiger partial charge in [-0.15, -0.1) is 11.8 Å². The molecular formula is C12H18O2S. The van der Waals surface area contributed by atoms with Crippen LogP contribution < -0.4 is 0 Å². The minimum Gasteiger partial charge on any atom is -0.508 e. The molecule has 1 rings (SSSR count). The standard InChI is InChI=1S/C12H18O2S/c1-7(2)6-15-12-9(4)10(13)5-8(3)11(12)14/h5,7,13-14H,6H2,1-4H3. The van der Waals surface area contributed by atoms with Crippen LogP contribution in [0, 0.1) is 19.8 Å². The van der Waals surface area contributed by atoms with Gasteiger partial charge in [0.2, 0.25) is 0 Å². The number of thioether (sulfide) groups is 1. The maximum Gasteiger partial charge on any atom is 0.132 e. The third-order valence-electron chi connectivity index (χ3n) is 2.23. The van der Waals surface area contributed by atoms with Crippen LogP contribution in [0.15, 0.2) is 11.0 Å². The van der Waals surface area contributed by atoms with Gasteiger partial charge in [-0.05, 0) is 31.4 Å². The first-order chi connectivity index (χ1) is 6.93. The maximum absolute atomic E-state index is 9.88. The number of hydrogen-bond donors (Lipinski definition) is 2. The molecule has 1 aromatic carbocycles. The Labute approximate surface area is 95.3 Å². The topological polar surface area (TPSA) is 40.5 Å². The van der Waals surface area contributed by atoms with Crippen molar-refractivity contribution in [1.29, 1.82) is 0 Å². The van der Waals surface area contributed by atoms with Crippen molar-refractivity contribution in [3.8, 4) is 11.5 Å². The van der Waals surface area contributed by atoms with Gasteiger partial charge in [-0.1, -0.05) is 13.8 Å². The maximum atomic E-state index is 9.88. The molecule has 0 spiro atoms. The summed E-state index contributed by atoms with van der Waals surface area (Å²) in [6.45, 7) is 7.90. The molecule has 0 aromatic heterocycles. The van der Waals surface area contributed by atoms with E-state index in [1.165, 1.54) is 0 Å². The van der Waals surface area contributed by atoms with Crippen LogP contribution in [0.2, 0.25) is 0 Å². The fourth-order valence-electron chi connectivity index (χ4n) is 1.28. The van der Waals surface area contributed by atoms with Gasteiger partial charge >= 0.3 is 0 Å². The summed E-state index contributed by atoms with van der Waals surface area (Å²) < 4.78 is 0. The van der Waals surface area contributed by atoms with Crippen molar-refractivity contribution >= 4 is 11.8 Å². The molecule has 0 aliphatic rings. The van der Waals surface area contributed by atoms with Gasteiger partial charge in [-0.2, -0.15) is 0 Å². The first kappa shape index (κ1) is 12.2. The second-order valence-corrected chi connectivity index (χ2v) is 5.25. The summed E-state index contributed by atoms with van der Waals surface area (Å²) in [5.74, 6) is 2.07. The van der Waals surface area contributed by atoms with Crippen LogP contribution in [0.1, 0.15) is 25.0 Å². The molecule has 3 heteroatoms. The first-order valence-electron chi connectivity index (χ1n) is 5.08. The fourth-order valence-corrected chi connectivity index (χ4v) is 2.40.